The van der Waals surface area contributed by atoms with Crippen LogP contribution in [-0.4, -0.2) is 14.6 Å². The molecule has 0 bridgehead atoms. The lowest BCUT2D eigenvalue weighted by atomic mass is 10.1. The maximum absolute atomic E-state index is 4.71. The van der Waals surface area contributed by atoms with Gasteiger partial charge in [-0.25, -0.2) is 4.52 Å². The Morgan fingerprint density at radius 2 is 1.87 bits per heavy atom. The number of nitrogens with zero attached hydrogens (tertiary/aromatic N) is 3. The van der Waals surface area contributed by atoms with E-state index in [1.165, 1.54) is 0 Å². The summed E-state index contributed by atoms with van der Waals surface area (Å²) in [5.74, 6) is 0.874. The molecule has 0 unspecified atom stereocenters. The van der Waals surface area contributed by atoms with Crippen molar-refractivity contribution in [3.8, 4) is 0 Å². The van der Waals surface area contributed by atoms with Gasteiger partial charge in [-0.05, 0) is 17.9 Å². The highest BCUT2D eigenvalue weighted by atomic mass is 15.2. The van der Waals surface area contributed by atoms with Crippen LogP contribution in [0.5, 0.6) is 0 Å². The summed E-state index contributed by atoms with van der Waals surface area (Å²) in [4.78, 5) is 4.71. The summed E-state index contributed by atoms with van der Waals surface area (Å²) in [6.45, 7) is 8.64. The molecule has 0 saturated heterocycles. The van der Waals surface area contributed by atoms with Crippen molar-refractivity contribution in [2.24, 2.45) is 0 Å². The van der Waals surface area contributed by atoms with Gasteiger partial charge in [0.25, 0.3) is 0 Å². The summed E-state index contributed by atoms with van der Waals surface area (Å²) in [6.07, 6.45) is 3.85. The summed E-state index contributed by atoms with van der Waals surface area (Å²) in [5.41, 5.74) is 3.36. The SMILES string of the molecule is CC(C)c1cn2nccc2c(C(C)C)n1. The molecule has 2 aromatic heterocycles. The van der Waals surface area contributed by atoms with E-state index in [1.54, 1.807) is 0 Å². The third-order valence-corrected chi connectivity index (χ3v) is 2.58. The molecule has 0 N–H and O–H groups in total. The van der Waals surface area contributed by atoms with Crippen LogP contribution < -0.4 is 0 Å². The summed E-state index contributed by atoms with van der Waals surface area (Å²) in [5, 5.41) is 4.28. The molecular weight excluding hydrogens is 186 g/mol. The first-order valence-electron chi connectivity index (χ1n) is 5.43. The highest BCUT2D eigenvalue weighted by Gasteiger charge is 2.11. The molecule has 2 aromatic rings. The van der Waals surface area contributed by atoms with E-state index in [1.807, 2.05) is 23.0 Å². The number of rotatable bonds is 2. The Morgan fingerprint density at radius 1 is 1.13 bits per heavy atom. The predicted molar refractivity (Wildman–Crippen MR) is 61.2 cm³/mol. The fraction of sp³-hybridized carbons (Fsp3) is 0.500. The van der Waals surface area contributed by atoms with E-state index >= 15 is 0 Å². The van der Waals surface area contributed by atoms with E-state index in [2.05, 4.69) is 32.8 Å². The molecule has 0 aliphatic carbocycles. The van der Waals surface area contributed by atoms with Gasteiger partial charge in [0.2, 0.25) is 0 Å². The van der Waals surface area contributed by atoms with E-state index in [0.29, 0.717) is 11.8 Å². The molecule has 3 heteroatoms. The van der Waals surface area contributed by atoms with Crippen molar-refractivity contribution in [2.75, 3.05) is 0 Å². The van der Waals surface area contributed by atoms with E-state index < -0.39 is 0 Å². The lowest BCUT2D eigenvalue weighted by Crippen LogP contribution is -2.04. The van der Waals surface area contributed by atoms with Crippen LogP contribution in [0.2, 0.25) is 0 Å². The molecule has 0 atom stereocenters. The van der Waals surface area contributed by atoms with Crippen molar-refractivity contribution in [3.05, 3.63) is 29.8 Å². The molecule has 0 aliphatic rings. The van der Waals surface area contributed by atoms with Gasteiger partial charge in [0, 0.05) is 0 Å². The molecule has 80 valence electrons. The topological polar surface area (TPSA) is 30.2 Å². The molecule has 0 spiro atoms. The minimum atomic E-state index is 0.433. The Morgan fingerprint density at radius 3 is 2.47 bits per heavy atom. The van der Waals surface area contributed by atoms with Crippen LogP contribution in [0.15, 0.2) is 18.5 Å². The Labute approximate surface area is 90.1 Å². The highest BCUT2D eigenvalue weighted by molar-refractivity contribution is 5.52. The zero-order chi connectivity index (χ0) is 11.0. The first-order chi connectivity index (χ1) is 7.09. The minimum absolute atomic E-state index is 0.433. The average molecular weight is 203 g/mol. The maximum Gasteiger partial charge on any atom is 0.0879 e. The van der Waals surface area contributed by atoms with Crippen LogP contribution >= 0.6 is 0 Å². The Balaban J connectivity index is 2.69. The monoisotopic (exact) mass is 203 g/mol. The van der Waals surface area contributed by atoms with E-state index in [9.17, 15) is 0 Å². The van der Waals surface area contributed by atoms with Crippen molar-refractivity contribution in [3.63, 3.8) is 0 Å². The van der Waals surface area contributed by atoms with Gasteiger partial charge in [-0.1, -0.05) is 27.7 Å². The van der Waals surface area contributed by atoms with Crippen LogP contribution in [0.4, 0.5) is 0 Å². The molecular formula is C12H17N3. The van der Waals surface area contributed by atoms with Crippen molar-refractivity contribution in [1.29, 1.82) is 0 Å². The third-order valence-electron chi connectivity index (χ3n) is 2.58. The second-order valence-corrected chi connectivity index (χ2v) is 4.52. The highest BCUT2D eigenvalue weighted by Crippen LogP contribution is 2.21. The fourth-order valence-electron chi connectivity index (χ4n) is 1.67. The zero-order valence-electron chi connectivity index (χ0n) is 9.73. The first-order valence-corrected chi connectivity index (χ1v) is 5.43. The van der Waals surface area contributed by atoms with E-state index in [0.717, 1.165) is 16.9 Å². The molecule has 0 aromatic carbocycles. The van der Waals surface area contributed by atoms with Crippen LogP contribution in [0, 0.1) is 0 Å². The number of hydrogen-bond acceptors (Lipinski definition) is 2. The molecule has 0 fully saturated rings. The fourth-order valence-corrected chi connectivity index (χ4v) is 1.67. The second kappa shape index (κ2) is 3.65. The van der Waals surface area contributed by atoms with Gasteiger partial charge in [0.15, 0.2) is 0 Å². The number of hydrogen-bond donors (Lipinski definition) is 0. The summed E-state index contributed by atoms with van der Waals surface area (Å²) < 4.78 is 1.93. The van der Waals surface area contributed by atoms with E-state index in [-0.39, 0.29) is 0 Å². The van der Waals surface area contributed by atoms with Gasteiger partial charge in [0.05, 0.1) is 29.3 Å². The standard InChI is InChI=1S/C12H17N3/c1-8(2)10-7-15-11(5-6-13-15)12(14-10)9(3)4/h5-9H,1-4H3. The van der Waals surface area contributed by atoms with Crippen LogP contribution in [0.1, 0.15) is 50.9 Å². The smallest absolute Gasteiger partial charge is 0.0879 e. The second-order valence-electron chi connectivity index (χ2n) is 4.52. The lowest BCUT2D eigenvalue weighted by Gasteiger charge is -2.11. The van der Waals surface area contributed by atoms with Gasteiger partial charge >= 0.3 is 0 Å². The van der Waals surface area contributed by atoms with Gasteiger partial charge in [0.1, 0.15) is 0 Å². The van der Waals surface area contributed by atoms with Crippen molar-refractivity contribution in [2.45, 2.75) is 39.5 Å². The molecule has 2 heterocycles. The third kappa shape index (κ3) is 1.74. The van der Waals surface area contributed by atoms with Crippen LogP contribution in [0.3, 0.4) is 0 Å². The number of fused-ring (bicyclic) bond motifs is 1. The zero-order valence-corrected chi connectivity index (χ0v) is 9.73. The normalized spacial score (nSPS) is 11.9. The lowest BCUT2D eigenvalue weighted by molar-refractivity contribution is 0.742. The van der Waals surface area contributed by atoms with Crippen LogP contribution in [0.25, 0.3) is 5.52 Å². The Bertz CT molecular complexity index is 469. The average Bonchev–Trinajstić information content (AvgIpc) is 2.62. The molecule has 2 rings (SSSR count). The van der Waals surface area contributed by atoms with E-state index in [4.69, 9.17) is 4.98 Å². The molecule has 0 radical (unpaired) electrons. The molecule has 0 aliphatic heterocycles. The van der Waals surface area contributed by atoms with Gasteiger partial charge in [-0.3, -0.25) is 4.98 Å². The Kier molecular flexibility index (Phi) is 2.47. The van der Waals surface area contributed by atoms with Gasteiger partial charge in [-0.15, -0.1) is 0 Å². The first kappa shape index (κ1) is 10.1. The molecule has 0 saturated carbocycles. The molecule has 0 amide bonds. The quantitative estimate of drug-likeness (QED) is 0.751. The van der Waals surface area contributed by atoms with Gasteiger partial charge < -0.3 is 0 Å². The predicted octanol–water partition coefficient (Wildman–Crippen LogP) is 2.98. The molecule has 15 heavy (non-hydrogen) atoms. The summed E-state index contributed by atoms with van der Waals surface area (Å²) >= 11 is 0. The van der Waals surface area contributed by atoms with Crippen molar-refractivity contribution >= 4 is 5.52 Å². The van der Waals surface area contributed by atoms with Crippen molar-refractivity contribution < 1.29 is 0 Å². The van der Waals surface area contributed by atoms with Crippen LogP contribution in [-0.2, 0) is 0 Å². The summed E-state index contributed by atoms with van der Waals surface area (Å²) in [6, 6.07) is 2.02. The maximum atomic E-state index is 4.71. The Hall–Kier alpha value is -1.38. The summed E-state index contributed by atoms with van der Waals surface area (Å²) in [7, 11) is 0. The molecule has 3 nitrogen and oxygen atoms in total. The van der Waals surface area contributed by atoms with Crippen molar-refractivity contribution in [1.82, 2.24) is 14.6 Å². The van der Waals surface area contributed by atoms with Gasteiger partial charge in [-0.2, -0.15) is 5.10 Å². The minimum Gasteiger partial charge on any atom is -0.253 e. The largest absolute Gasteiger partial charge is 0.253 e. The number of aromatic nitrogens is 3.